The summed E-state index contributed by atoms with van der Waals surface area (Å²) in [5.74, 6) is -1.50. The fourth-order valence-corrected chi connectivity index (χ4v) is 2.08. The van der Waals surface area contributed by atoms with E-state index in [1.54, 1.807) is 0 Å². The molecular weight excluding hydrogens is 219 g/mol. The van der Waals surface area contributed by atoms with E-state index >= 15 is 0 Å². The van der Waals surface area contributed by atoms with E-state index in [1.807, 2.05) is 6.92 Å². The summed E-state index contributed by atoms with van der Waals surface area (Å²) in [6.07, 6.45) is -2.34. The zero-order chi connectivity index (χ0) is 12.2. The average Bonchev–Trinajstić information content (AvgIpc) is 2.25. The molecule has 0 spiro atoms. The van der Waals surface area contributed by atoms with Crippen molar-refractivity contribution in [1.29, 1.82) is 0 Å². The van der Waals surface area contributed by atoms with E-state index < -0.39 is 12.1 Å². The second kappa shape index (κ2) is 5.55. The van der Waals surface area contributed by atoms with Crippen LogP contribution >= 0.6 is 0 Å². The molecule has 0 aromatic heterocycles. The van der Waals surface area contributed by atoms with Crippen LogP contribution in [0.1, 0.15) is 39.0 Å². The monoisotopic (exact) mass is 237 g/mol. The maximum atomic E-state index is 12.4. The second-order valence-electron chi connectivity index (χ2n) is 4.38. The lowest BCUT2D eigenvalue weighted by Crippen LogP contribution is -2.36. The smallest absolute Gasteiger partial charge is 0.356 e. The molecule has 0 aromatic carbocycles. The van der Waals surface area contributed by atoms with Gasteiger partial charge >= 0.3 is 6.18 Å². The molecule has 0 saturated heterocycles. The molecule has 2 nitrogen and oxygen atoms in total. The molecule has 0 aromatic rings. The summed E-state index contributed by atoms with van der Waals surface area (Å²) in [4.78, 5) is 11.5. The lowest BCUT2D eigenvalue weighted by molar-refractivity contribution is -0.184. The van der Waals surface area contributed by atoms with Gasteiger partial charge in [0.15, 0.2) is 0 Å². The van der Waals surface area contributed by atoms with Gasteiger partial charge in [0.2, 0.25) is 5.91 Å². The molecule has 16 heavy (non-hydrogen) atoms. The van der Waals surface area contributed by atoms with Crippen molar-refractivity contribution in [1.82, 2.24) is 5.32 Å². The number of hydrogen-bond acceptors (Lipinski definition) is 1. The summed E-state index contributed by atoms with van der Waals surface area (Å²) in [5.41, 5.74) is 0. The van der Waals surface area contributed by atoms with Crippen molar-refractivity contribution < 1.29 is 18.0 Å². The maximum Gasteiger partial charge on any atom is 0.391 e. The molecule has 0 atom stereocenters. The highest BCUT2D eigenvalue weighted by Crippen LogP contribution is 2.39. The van der Waals surface area contributed by atoms with Crippen LogP contribution in [0.3, 0.4) is 0 Å². The van der Waals surface area contributed by atoms with Crippen LogP contribution in [0.25, 0.3) is 0 Å². The molecule has 1 saturated carbocycles. The van der Waals surface area contributed by atoms with Gasteiger partial charge in [0, 0.05) is 12.5 Å². The summed E-state index contributed by atoms with van der Waals surface area (Å²) in [6, 6.07) is 0. The third kappa shape index (κ3) is 3.68. The molecule has 1 aliphatic rings. The van der Waals surface area contributed by atoms with Gasteiger partial charge in [-0.1, -0.05) is 6.92 Å². The Bertz CT molecular complexity index is 232. The standard InChI is InChI=1S/C11H18F3NO/c1-2-7-15-10(16)8-3-5-9(6-4-8)11(12,13)14/h8-9H,2-7H2,1H3,(H,15,16). The molecule has 1 fully saturated rings. The highest BCUT2D eigenvalue weighted by atomic mass is 19.4. The number of hydrogen-bond donors (Lipinski definition) is 1. The van der Waals surface area contributed by atoms with Crippen LogP contribution in [0.15, 0.2) is 0 Å². The van der Waals surface area contributed by atoms with Gasteiger partial charge in [0.25, 0.3) is 0 Å². The van der Waals surface area contributed by atoms with Crippen LogP contribution in [0.5, 0.6) is 0 Å². The van der Waals surface area contributed by atoms with E-state index in [9.17, 15) is 18.0 Å². The quantitative estimate of drug-likeness (QED) is 0.803. The molecule has 0 heterocycles. The zero-order valence-corrected chi connectivity index (χ0v) is 9.44. The predicted octanol–water partition coefficient (Wildman–Crippen LogP) is 2.88. The first-order valence-corrected chi connectivity index (χ1v) is 5.79. The Balaban J connectivity index is 2.34. The Morgan fingerprint density at radius 3 is 2.25 bits per heavy atom. The molecule has 1 amide bonds. The number of alkyl halides is 3. The Hall–Kier alpha value is -0.740. The van der Waals surface area contributed by atoms with Gasteiger partial charge in [-0.3, -0.25) is 4.79 Å². The number of halogens is 3. The van der Waals surface area contributed by atoms with E-state index in [2.05, 4.69) is 5.32 Å². The van der Waals surface area contributed by atoms with Crippen LogP contribution in [-0.2, 0) is 4.79 Å². The van der Waals surface area contributed by atoms with Crippen molar-refractivity contribution in [2.75, 3.05) is 6.54 Å². The van der Waals surface area contributed by atoms with Crippen LogP contribution in [0.2, 0.25) is 0 Å². The number of carbonyl (C=O) groups excluding carboxylic acids is 1. The topological polar surface area (TPSA) is 29.1 Å². The van der Waals surface area contributed by atoms with Crippen molar-refractivity contribution in [2.45, 2.75) is 45.2 Å². The SMILES string of the molecule is CCCNC(=O)C1CCC(C(F)(F)F)CC1. The summed E-state index contributed by atoms with van der Waals surface area (Å²) in [5, 5.41) is 2.74. The maximum absolute atomic E-state index is 12.4. The van der Waals surface area contributed by atoms with Gasteiger partial charge in [-0.05, 0) is 32.1 Å². The fourth-order valence-electron chi connectivity index (χ4n) is 2.08. The van der Waals surface area contributed by atoms with Crippen molar-refractivity contribution in [3.05, 3.63) is 0 Å². The first-order chi connectivity index (χ1) is 7.45. The number of amides is 1. The molecule has 0 aliphatic heterocycles. The molecule has 0 unspecified atom stereocenters. The van der Waals surface area contributed by atoms with E-state index in [-0.39, 0.29) is 24.7 Å². The molecule has 0 radical (unpaired) electrons. The summed E-state index contributed by atoms with van der Waals surface area (Å²) in [6.45, 7) is 2.55. The van der Waals surface area contributed by atoms with Crippen LogP contribution < -0.4 is 5.32 Å². The molecule has 5 heteroatoms. The summed E-state index contributed by atoms with van der Waals surface area (Å²) < 4.78 is 37.1. The summed E-state index contributed by atoms with van der Waals surface area (Å²) >= 11 is 0. The average molecular weight is 237 g/mol. The van der Waals surface area contributed by atoms with Gasteiger partial charge in [-0.2, -0.15) is 13.2 Å². The molecule has 94 valence electrons. The molecule has 0 bridgehead atoms. The van der Waals surface area contributed by atoms with E-state index in [0.29, 0.717) is 19.4 Å². The van der Waals surface area contributed by atoms with Gasteiger partial charge in [-0.15, -0.1) is 0 Å². The van der Waals surface area contributed by atoms with E-state index in [0.717, 1.165) is 6.42 Å². The second-order valence-corrected chi connectivity index (χ2v) is 4.38. The first kappa shape index (κ1) is 13.3. The van der Waals surface area contributed by atoms with E-state index in [1.165, 1.54) is 0 Å². The van der Waals surface area contributed by atoms with Gasteiger partial charge < -0.3 is 5.32 Å². The Labute approximate surface area is 93.6 Å². The lowest BCUT2D eigenvalue weighted by Gasteiger charge is -2.29. The normalized spacial score (nSPS) is 26.5. The summed E-state index contributed by atoms with van der Waals surface area (Å²) in [7, 11) is 0. The van der Waals surface area contributed by atoms with Crippen molar-refractivity contribution in [2.24, 2.45) is 11.8 Å². The minimum absolute atomic E-state index is 0.0810. The first-order valence-electron chi connectivity index (χ1n) is 5.79. The Kier molecular flexibility index (Phi) is 4.62. The highest BCUT2D eigenvalue weighted by molar-refractivity contribution is 5.78. The molecule has 1 aliphatic carbocycles. The van der Waals surface area contributed by atoms with Crippen molar-refractivity contribution >= 4 is 5.91 Å². The Morgan fingerprint density at radius 2 is 1.81 bits per heavy atom. The molecular formula is C11H18F3NO. The van der Waals surface area contributed by atoms with E-state index in [4.69, 9.17) is 0 Å². The molecule has 1 N–H and O–H groups in total. The third-order valence-corrected chi connectivity index (χ3v) is 3.11. The van der Waals surface area contributed by atoms with Crippen LogP contribution in [0, 0.1) is 11.8 Å². The Morgan fingerprint density at radius 1 is 1.25 bits per heavy atom. The largest absolute Gasteiger partial charge is 0.391 e. The highest BCUT2D eigenvalue weighted by Gasteiger charge is 2.42. The third-order valence-electron chi connectivity index (χ3n) is 3.11. The fraction of sp³-hybridized carbons (Fsp3) is 0.909. The number of carbonyl (C=O) groups is 1. The van der Waals surface area contributed by atoms with Gasteiger partial charge in [-0.25, -0.2) is 0 Å². The minimum Gasteiger partial charge on any atom is -0.356 e. The minimum atomic E-state index is -4.09. The number of nitrogens with one attached hydrogen (secondary N) is 1. The lowest BCUT2D eigenvalue weighted by atomic mass is 9.81. The zero-order valence-electron chi connectivity index (χ0n) is 9.44. The van der Waals surface area contributed by atoms with Crippen LogP contribution in [-0.4, -0.2) is 18.6 Å². The number of rotatable bonds is 3. The van der Waals surface area contributed by atoms with Crippen LogP contribution in [0.4, 0.5) is 13.2 Å². The van der Waals surface area contributed by atoms with Gasteiger partial charge in [0.1, 0.15) is 0 Å². The predicted molar refractivity (Wildman–Crippen MR) is 54.8 cm³/mol. The van der Waals surface area contributed by atoms with Crippen molar-refractivity contribution in [3.8, 4) is 0 Å². The molecule has 1 rings (SSSR count). The van der Waals surface area contributed by atoms with Crippen molar-refractivity contribution in [3.63, 3.8) is 0 Å². The van der Waals surface area contributed by atoms with Gasteiger partial charge in [0.05, 0.1) is 5.92 Å².